The molecule has 18 heavy (non-hydrogen) atoms. The second kappa shape index (κ2) is 6.29. The van der Waals surface area contributed by atoms with Crippen molar-refractivity contribution in [3.05, 3.63) is 16.1 Å². The van der Waals surface area contributed by atoms with Crippen LogP contribution < -0.4 is 5.32 Å². The smallest absolute Gasteiger partial charge is 0.223 e. The molecular weight excluding hydrogens is 248 g/mol. The molecule has 1 amide bonds. The van der Waals surface area contributed by atoms with Crippen LogP contribution in [0.25, 0.3) is 0 Å². The molecule has 0 bridgehead atoms. The molecule has 1 N–H and O–H groups in total. The van der Waals surface area contributed by atoms with Crippen molar-refractivity contribution in [2.45, 2.75) is 33.2 Å². The molecule has 0 unspecified atom stereocenters. The van der Waals surface area contributed by atoms with Gasteiger partial charge in [-0.1, -0.05) is 6.92 Å². The minimum absolute atomic E-state index is 0.0648. The van der Waals surface area contributed by atoms with Gasteiger partial charge in [-0.2, -0.15) is 0 Å². The van der Waals surface area contributed by atoms with Gasteiger partial charge >= 0.3 is 0 Å². The molecule has 1 aliphatic rings. The minimum atomic E-state index is 0.0648. The highest BCUT2D eigenvalue weighted by molar-refractivity contribution is 7.11. The van der Waals surface area contributed by atoms with Crippen molar-refractivity contribution in [3.8, 4) is 0 Å². The zero-order valence-corrected chi connectivity index (χ0v) is 11.8. The third kappa shape index (κ3) is 3.53. The number of nitrogens with zero attached hydrogens (tertiary/aromatic N) is 1. The number of hydrogen-bond donors (Lipinski definition) is 1. The van der Waals surface area contributed by atoms with Gasteiger partial charge in [-0.05, 0) is 25.7 Å². The maximum Gasteiger partial charge on any atom is 0.223 e. The molecule has 0 saturated carbocycles. The highest BCUT2D eigenvalue weighted by Crippen LogP contribution is 2.23. The standard InChI is InChI=1S/C13H20N2O2S/c1-9-7-14-12(18-9)8-15-13(16)10(2)11-3-5-17-6-4-11/h7,10-11H,3-6,8H2,1-2H3,(H,15,16)/t10-/m0/s1. The monoisotopic (exact) mass is 268 g/mol. The lowest BCUT2D eigenvalue weighted by Gasteiger charge is -2.26. The Labute approximate surface area is 112 Å². The molecule has 1 atom stereocenters. The van der Waals surface area contributed by atoms with E-state index in [-0.39, 0.29) is 11.8 Å². The van der Waals surface area contributed by atoms with Crippen molar-refractivity contribution in [1.29, 1.82) is 0 Å². The molecular formula is C13H20N2O2S. The molecule has 5 heteroatoms. The summed E-state index contributed by atoms with van der Waals surface area (Å²) in [7, 11) is 0. The zero-order chi connectivity index (χ0) is 13.0. The van der Waals surface area contributed by atoms with Crippen molar-refractivity contribution < 1.29 is 9.53 Å². The van der Waals surface area contributed by atoms with E-state index in [1.165, 1.54) is 4.88 Å². The fourth-order valence-corrected chi connectivity index (χ4v) is 2.96. The number of carbonyl (C=O) groups is 1. The number of aryl methyl sites for hydroxylation is 1. The highest BCUT2D eigenvalue weighted by atomic mass is 32.1. The molecule has 0 radical (unpaired) electrons. The van der Waals surface area contributed by atoms with E-state index in [1.807, 2.05) is 20.0 Å². The normalized spacial score (nSPS) is 18.6. The van der Waals surface area contributed by atoms with Gasteiger partial charge in [0.15, 0.2) is 0 Å². The molecule has 4 nitrogen and oxygen atoms in total. The molecule has 1 aromatic heterocycles. The van der Waals surface area contributed by atoms with Gasteiger partial charge in [0.25, 0.3) is 0 Å². The Morgan fingerprint density at radius 2 is 2.33 bits per heavy atom. The van der Waals surface area contributed by atoms with Crippen molar-refractivity contribution in [2.75, 3.05) is 13.2 Å². The van der Waals surface area contributed by atoms with Crippen molar-refractivity contribution in [1.82, 2.24) is 10.3 Å². The summed E-state index contributed by atoms with van der Waals surface area (Å²) in [4.78, 5) is 17.5. The van der Waals surface area contributed by atoms with Crippen LogP contribution in [0.15, 0.2) is 6.20 Å². The van der Waals surface area contributed by atoms with Crippen LogP contribution in [-0.4, -0.2) is 24.1 Å². The average Bonchev–Trinajstić information content (AvgIpc) is 2.82. The predicted octanol–water partition coefficient (Wildman–Crippen LogP) is 2.13. The summed E-state index contributed by atoms with van der Waals surface area (Å²) in [6.07, 6.45) is 3.82. The Morgan fingerprint density at radius 3 is 2.94 bits per heavy atom. The number of rotatable bonds is 4. The van der Waals surface area contributed by atoms with Gasteiger partial charge in [-0.25, -0.2) is 4.98 Å². The molecule has 2 rings (SSSR count). The molecule has 1 fully saturated rings. The van der Waals surface area contributed by atoms with Gasteiger partial charge in [0.1, 0.15) is 5.01 Å². The molecule has 1 aliphatic heterocycles. The second-order valence-electron chi connectivity index (χ2n) is 4.82. The van der Waals surface area contributed by atoms with Gasteiger partial charge in [-0.15, -0.1) is 11.3 Å². The predicted molar refractivity (Wildman–Crippen MR) is 71.4 cm³/mol. The quantitative estimate of drug-likeness (QED) is 0.910. The summed E-state index contributed by atoms with van der Waals surface area (Å²) in [5.74, 6) is 0.654. The number of amides is 1. The largest absolute Gasteiger partial charge is 0.381 e. The van der Waals surface area contributed by atoms with Crippen LogP contribution >= 0.6 is 11.3 Å². The van der Waals surface area contributed by atoms with Crippen LogP contribution in [-0.2, 0) is 16.1 Å². The maximum atomic E-state index is 12.0. The van der Waals surface area contributed by atoms with Gasteiger partial charge in [0.2, 0.25) is 5.91 Å². The number of thiazole rings is 1. The van der Waals surface area contributed by atoms with E-state index < -0.39 is 0 Å². The molecule has 0 aromatic carbocycles. The third-order valence-electron chi connectivity index (χ3n) is 3.47. The van der Waals surface area contributed by atoms with Gasteiger partial charge in [-0.3, -0.25) is 4.79 Å². The number of aromatic nitrogens is 1. The summed E-state index contributed by atoms with van der Waals surface area (Å²) < 4.78 is 5.32. The number of carbonyl (C=O) groups excluding carboxylic acids is 1. The van der Waals surface area contributed by atoms with Crippen molar-refractivity contribution >= 4 is 17.2 Å². The molecule has 0 spiro atoms. The summed E-state index contributed by atoms with van der Waals surface area (Å²) in [6, 6.07) is 0. The first kappa shape index (κ1) is 13.5. The SMILES string of the molecule is Cc1cnc(CNC(=O)[C@@H](C)C2CCOCC2)s1. The molecule has 0 aliphatic carbocycles. The topological polar surface area (TPSA) is 51.2 Å². The van der Waals surface area contributed by atoms with E-state index in [4.69, 9.17) is 4.74 Å². The second-order valence-corrected chi connectivity index (χ2v) is 6.14. The van der Waals surface area contributed by atoms with Crippen LogP contribution in [0.5, 0.6) is 0 Å². The molecule has 2 heterocycles. The van der Waals surface area contributed by atoms with Gasteiger partial charge in [0, 0.05) is 30.2 Å². The Bertz CT molecular complexity index is 399. The number of ether oxygens (including phenoxy) is 1. The number of hydrogen-bond acceptors (Lipinski definition) is 4. The lowest BCUT2D eigenvalue weighted by molar-refractivity contribution is -0.127. The number of nitrogens with one attached hydrogen (secondary N) is 1. The first-order chi connectivity index (χ1) is 8.66. The van der Waals surface area contributed by atoms with E-state index in [2.05, 4.69) is 10.3 Å². The Hall–Kier alpha value is -0.940. The van der Waals surface area contributed by atoms with Crippen molar-refractivity contribution in [3.63, 3.8) is 0 Å². The molecule has 1 saturated heterocycles. The van der Waals surface area contributed by atoms with Crippen LogP contribution in [0.4, 0.5) is 0 Å². The van der Waals surface area contributed by atoms with Gasteiger partial charge in [0.05, 0.1) is 6.54 Å². The van der Waals surface area contributed by atoms with E-state index >= 15 is 0 Å². The summed E-state index contributed by atoms with van der Waals surface area (Å²) in [5, 5.41) is 3.95. The van der Waals surface area contributed by atoms with Crippen LogP contribution in [0.2, 0.25) is 0 Å². The first-order valence-electron chi connectivity index (χ1n) is 6.43. The molecule has 100 valence electrons. The van der Waals surface area contributed by atoms with E-state index in [0.29, 0.717) is 12.5 Å². The average molecular weight is 268 g/mol. The molecule has 1 aromatic rings. The van der Waals surface area contributed by atoms with E-state index in [9.17, 15) is 4.79 Å². The Kier molecular flexibility index (Phi) is 4.72. The minimum Gasteiger partial charge on any atom is -0.381 e. The summed E-state index contributed by atoms with van der Waals surface area (Å²) in [6.45, 7) is 6.15. The van der Waals surface area contributed by atoms with E-state index in [1.54, 1.807) is 11.3 Å². The zero-order valence-electron chi connectivity index (χ0n) is 10.9. The fraction of sp³-hybridized carbons (Fsp3) is 0.692. The van der Waals surface area contributed by atoms with Gasteiger partial charge < -0.3 is 10.1 Å². The Morgan fingerprint density at radius 1 is 1.61 bits per heavy atom. The van der Waals surface area contributed by atoms with Crippen LogP contribution in [0.1, 0.15) is 29.7 Å². The maximum absolute atomic E-state index is 12.0. The Balaban J connectivity index is 1.79. The van der Waals surface area contributed by atoms with Crippen LogP contribution in [0, 0.1) is 18.8 Å². The lowest BCUT2D eigenvalue weighted by Crippen LogP contribution is -2.35. The first-order valence-corrected chi connectivity index (χ1v) is 7.25. The third-order valence-corrected chi connectivity index (χ3v) is 4.38. The van der Waals surface area contributed by atoms with Crippen molar-refractivity contribution in [2.24, 2.45) is 11.8 Å². The highest BCUT2D eigenvalue weighted by Gasteiger charge is 2.25. The fourth-order valence-electron chi connectivity index (χ4n) is 2.24. The lowest BCUT2D eigenvalue weighted by atomic mass is 9.87. The summed E-state index contributed by atoms with van der Waals surface area (Å²) >= 11 is 1.63. The van der Waals surface area contributed by atoms with E-state index in [0.717, 1.165) is 31.1 Å². The summed E-state index contributed by atoms with van der Waals surface area (Å²) in [5.41, 5.74) is 0. The van der Waals surface area contributed by atoms with Crippen LogP contribution in [0.3, 0.4) is 0 Å².